The lowest BCUT2D eigenvalue weighted by Crippen LogP contribution is -2.12. The fourth-order valence-corrected chi connectivity index (χ4v) is 4.52. The smallest absolute Gasteiger partial charge is 0.293 e. The van der Waals surface area contributed by atoms with Crippen molar-refractivity contribution in [1.82, 2.24) is 4.57 Å². The zero-order valence-electron chi connectivity index (χ0n) is 21.5. The molecule has 0 spiro atoms. The van der Waals surface area contributed by atoms with Crippen molar-refractivity contribution >= 4 is 18.1 Å². The van der Waals surface area contributed by atoms with Crippen molar-refractivity contribution in [3.8, 4) is 33.9 Å². The molecule has 6 heteroatoms. The number of fused-ring (bicyclic) bond motifs is 3. The largest absolute Gasteiger partial charge is 0.493 e. The van der Waals surface area contributed by atoms with Crippen molar-refractivity contribution < 1.29 is 19.0 Å². The van der Waals surface area contributed by atoms with E-state index in [0.29, 0.717) is 13.1 Å². The summed E-state index contributed by atoms with van der Waals surface area (Å²) in [7, 11) is 3.37. The Balaban J connectivity index is 0.000000520. The Morgan fingerprint density at radius 3 is 2.21 bits per heavy atom. The molecule has 0 saturated carbocycles. The van der Waals surface area contributed by atoms with Crippen LogP contribution in [0, 0.1) is 20.8 Å². The van der Waals surface area contributed by atoms with Crippen LogP contribution in [0.3, 0.4) is 0 Å². The van der Waals surface area contributed by atoms with Gasteiger partial charge in [0, 0.05) is 28.4 Å². The average molecular weight is 486 g/mol. The molecular weight excluding hydrogens is 450 g/mol. The standard InChI is InChI=1S/C23H24ClNO2.C3H6O2.C2H6/c1-13-6-7-17(10-19(13)24)22-14(2)23-18-12-21(27-5)20(26-4)11-16(18)8-9-25(23)15(22)3;1-2-5-3-4;1-2/h6-7,10-12H,8-9H2,1-5H3;3H,2H2,1H3;1-2H3. The number of ether oxygens (including phenoxy) is 3. The van der Waals surface area contributed by atoms with Crippen LogP contribution in [0.2, 0.25) is 5.02 Å². The SMILES string of the molecule is CC.CCOC=O.COc1cc2c(cc1OC)-c1c(C)c(-c3ccc(C)c(Cl)c3)c(C)n1CC2. The van der Waals surface area contributed by atoms with Crippen LogP contribution in [0.4, 0.5) is 0 Å². The van der Waals surface area contributed by atoms with Crippen LogP contribution in [0.15, 0.2) is 30.3 Å². The first-order chi connectivity index (χ1) is 16.4. The van der Waals surface area contributed by atoms with Crippen LogP contribution in [0.1, 0.15) is 43.2 Å². The fourth-order valence-electron chi connectivity index (χ4n) is 4.34. The molecule has 0 radical (unpaired) electrons. The summed E-state index contributed by atoms with van der Waals surface area (Å²) in [5.41, 5.74) is 9.89. The van der Waals surface area contributed by atoms with Gasteiger partial charge in [0.15, 0.2) is 11.5 Å². The highest BCUT2D eigenvalue weighted by atomic mass is 35.5. The molecular formula is C28H36ClNO4. The summed E-state index contributed by atoms with van der Waals surface area (Å²) >= 11 is 6.41. The minimum Gasteiger partial charge on any atom is -0.493 e. The number of rotatable bonds is 5. The van der Waals surface area contributed by atoms with Crippen LogP contribution >= 0.6 is 11.6 Å². The van der Waals surface area contributed by atoms with Gasteiger partial charge < -0.3 is 18.8 Å². The van der Waals surface area contributed by atoms with Crippen LogP contribution in [-0.4, -0.2) is 31.9 Å². The molecule has 0 atom stereocenters. The van der Waals surface area contributed by atoms with Crippen LogP contribution < -0.4 is 9.47 Å². The normalized spacial score (nSPS) is 11.1. The van der Waals surface area contributed by atoms with Crippen LogP contribution in [0.25, 0.3) is 22.4 Å². The lowest BCUT2D eigenvalue weighted by atomic mass is 9.94. The third-order valence-electron chi connectivity index (χ3n) is 5.93. The summed E-state index contributed by atoms with van der Waals surface area (Å²) in [5.74, 6) is 1.55. The van der Waals surface area contributed by atoms with Gasteiger partial charge in [-0.05, 0) is 74.6 Å². The van der Waals surface area contributed by atoms with Gasteiger partial charge in [-0.1, -0.05) is 37.6 Å². The van der Waals surface area contributed by atoms with Gasteiger partial charge in [-0.25, -0.2) is 0 Å². The quantitative estimate of drug-likeness (QED) is 0.359. The number of hydrogen-bond donors (Lipinski definition) is 0. The molecule has 1 aliphatic heterocycles. The summed E-state index contributed by atoms with van der Waals surface area (Å²) in [6, 6.07) is 10.6. The van der Waals surface area contributed by atoms with E-state index >= 15 is 0 Å². The number of aromatic nitrogens is 1. The molecule has 5 nitrogen and oxygen atoms in total. The first-order valence-electron chi connectivity index (χ1n) is 11.6. The third-order valence-corrected chi connectivity index (χ3v) is 6.34. The predicted octanol–water partition coefficient (Wildman–Crippen LogP) is 7.18. The highest BCUT2D eigenvalue weighted by Crippen LogP contribution is 2.45. The van der Waals surface area contributed by atoms with Crippen LogP contribution in [0.5, 0.6) is 11.5 Å². The molecule has 2 aromatic carbocycles. The summed E-state index contributed by atoms with van der Waals surface area (Å²) in [5, 5.41) is 0.808. The number of hydrogen-bond acceptors (Lipinski definition) is 4. The van der Waals surface area contributed by atoms with E-state index in [4.69, 9.17) is 21.1 Å². The molecule has 0 unspecified atom stereocenters. The molecule has 0 N–H and O–H groups in total. The van der Waals surface area contributed by atoms with E-state index in [1.54, 1.807) is 21.1 Å². The second-order valence-corrected chi connectivity index (χ2v) is 8.12. The van der Waals surface area contributed by atoms with Crippen molar-refractivity contribution in [2.45, 2.75) is 54.5 Å². The maximum atomic E-state index is 9.18. The molecule has 184 valence electrons. The third kappa shape index (κ3) is 5.41. The second kappa shape index (κ2) is 12.5. The van der Waals surface area contributed by atoms with Crippen molar-refractivity contribution in [2.24, 2.45) is 0 Å². The number of halogens is 1. The van der Waals surface area contributed by atoms with Gasteiger partial charge in [0.1, 0.15) is 0 Å². The number of carbonyl (C=O) groups is 1. The van der Waals surface area contributed by atoms with E-state index in [2.05, 4.69) is 53.5 Å². The number of aryl methyl sites for hydroxylation is 2. The maximum absolute atomic E-state index is 9.18. The van der Waals surface area contributed by atoms with E-state index in [1.165, 1.54) is 39.2 Å². The first-order valence-corrected chi connectivity index (χ1v) is 12.0. The minimum atomic E-state index is 0.431. The second-order valence-electron chi connectivity index (χ2n) is 7.72. The predicted molar refractivity (Wildman–Crippen MR) is 140 cm³/mol. The lowest BCUT2D eigenvalue weighted by Gasteiger charge is -2.23. The van der Waals surface area contributed by atoms with Gasteiger partial charge in [-0.3, -0.25) is 4.79 Å². The molecule has 34 heavy (non-hydrogen) atoms. The van der Waals surface area contributed by atoms with Gasteiger partial charge in [0.05, 0.1) is 26.5 Å². The lowest BCUT2D eigenvalue weighted by molar-refractivity contribution is -0.128. The van der Waals surface area contributed by atoms with Crippen molar-refractivity contribution in [3.63, 3.8) is 0 Å². The average Bonchev–Trinajstić information content (AvgIpc) is 3.12. The molecule has 0 saturated heterocycles. The van der Waals surface area contributed by atoms with E-state index in [9.17, 15) is 4.79 Å². The fraction of sp³-hybridized carbons (Fsp3) is 0.393. The summed E-state index contributed by atoms with van der Waals surface area (Å²) < 4.78 is 17.6. The Labute approximate surface area is 208 Å². The highest BCUT2D eigenvalue weighted by Gasteiger charge is 2.26. The molecule has 2 heterocycles. The minimum absolute atomic E-state index is 0.431. The van der Waals surface area contributed by atoms with Gasteiger partial charge in [-0.15, -0.1) is 0 Å². The van der Waals surface area contributed by atoms with Crippen molar-refractivity contribution in [1.29, 1.82) is 0 Å². The zero-order valence-corrected chi connectivity index (χ0v) is 22.3. The molecule has 1 aliphatic rings. The Morgan fingerprint density at radius 2 is 1.68 bits per heavy atom. The molecule has 0 bridgehead atoms. The van der Waals surface area contributed by atoms with Gasteiger partial charge >= 0.3 is 0 Å². The van der Waals surface area contributed by atoms with Gasteiger partial charge in [0.2, 0.25) is 0 Å². The van der Waals surface area contributed by atoms with Gasteiger partial charge in [-0.2, -0.15) is 0 Å². The first kappa shape index (κ1) is 27.3. The summed E-state index contributed by atoms with van der Waals surface area (Å²) in [6.45, 7) is 14.1. The maximum Gasteiger partial charge on any atom is 0.293 e. The molecule has 3 aromatic rings. The van der Waals surface area contributed by atoms with Crippen molar-refractivity contribution in [3.05, 3.63) is 57.7 Å². The topological polar surface area (TPSA) is 49.7 Å². The molecule has 0 fully saturated rings. The van der Waals surface area contributed by atoms with Crippen molar-refractivity contribution in [2.75, 3.05) is 20.8 Å². The summed E-state index contributed by atoms with van der Waals surface area (Å²) in [4.78, 5) is 9.18. The Kier molecular flexibility index (Phi) is 10.1. The van der Waals surface area contributed by atoms with E-state index in [0.717, 1.165) is 35.1 Å². The Hall–Kier alpha value is -2.92. The Morgan fingerprint density at radius 1 is 1.03 bits per heavy atom. The molecule has 0 amide bonds. The highest BCUT2D eigenvalue weighted by molar-refractivity contribution is 6.31. The summed E-state index contributed by atoms with van der Waals surface area (Å²) in [6.07, 6.45) is 0.978. The number of nitrogens with zero attached hydrogens (tertiary/aromatic N) is 1. The van der Waals surface area contributed by atoms with E-state index in [1.807, 2.05) is 20.8 Å². The number of carbonyl (C=O) groups excluding carboxylic acids is 1. The number of methoxy groups -OCH3 is 2. The monoisotopic (exact) mass is 485 g/mol. The molecule has 1 aromatic heterocycles. The number of benzene rings is 2. The zero-order chi connectivity index (χ0) is 25.4. The van der Waals surface area contributed by atoms with Gasteiger partial charge in [0.25, 0.3) is 6.47 Å². The van der Waals surface area contributed by atoms with E-state index in [-0.39, 0.29) is 0 Å². The molecule has 0 aliphatic carbocycles. The molecule has 4 rings (SSSR count). The van der Waals surface area contributed by atoms with Crippen LogP contribution in [-0.2, 0) is 22.5 Å². The van der Waals surface area contributed by atoms with E-state index < -0.39 is 0 Å². The Bertz CT molecular complexity index is 1130.